The van der Waals surface area contributed by atoms with Crippen LogP contribution in [0, 0.1) is 0 Å². The van der Waals surface area contributed by atoms with Crippen molar-refractivity contribution >= 4 is 11.8 Å². The van der Waals surface area contributed by atoms with E-state index in [1.165, 1.54) is 0 Å². The summed E-state index contributed by atoms with van der Waals surface area (Å²) in [6, 6.07) is 17.2. The molecule has 3 rings (SSSR count). The Bertz CT molecular complexity index is 774. The number of nitrogens with zero attached hydrogens (tertiary/aromatic N) is 2. The summed E-state index contributed by atoms with van der Waals surface area (Å²) in [7, 11) is 3.44. The third-order valence-corrected chi connectivity index (χ3v) is 4.62. The van der Waals surface area contributed by atoms with Crippen LogP contribution in [0.25, 0.3) is 11.1 Å². The van der Waals surface area contributed by atoms with Crippen LogP contribution in [0.15, 0.2) is 54.6 Å². The Kier molecular flexibility index (Phi) is 5.56. The van der Waals surface area contributed by atoms with Crippen LogP contribution in [0.1, 0.15) is 12.8 Å². The van der Waals surface area contributed by atoms with E-state index in [9.17, 15) is 9.59 Å². The average molecular weight is 352 g/mol. The van der Waals surface area contributed by atoms with Gasteiger partial charge in [0, 0.05) is 26.2 Å². The van der Waals surface area contributed by atoms with Crippen molar-refractivity contribution in [1.29, 1.82) is 0 Å². The van der Waals surface area contributed by atoms with Crippen molar-refractivity contribution in [3.63, 3.8) is 0 Å². The van der Waals surface area contributed by atoms with Gasteiger partial charge in [0.05, 0.1) is 0 Å². The molecule has 0 radical (unpaired) electrons. The molecule has 2 aromatic carbocycles. The molecule has 1 aliphatic rings. The molecule has 136 valence electrons. The minimum Gasteiger partial charge on any atom is -0.483 e. The fraction of sp³-hybridized carbons (Fsp3) is 0.333. The SMILES string of the molecule is CN(C)C(=O)C1CCCN1C(=O)COc1ccccc1-c1ccccc1. The summed E-state index contributed by atoms with van der Waals surface area (Å²) in [6.07, 6.45) is 1.56. The number of likely N-dealkylation sites (N-methyl/N-ethyl adjacent to an activating group) is 1. The minimum atomic E-state index is -0.370. The fourth-order valence-electron chi connectivity index (χ4n) is 3.29. The van der Waals surface area contributed by atoms with Gasteiger partial charge < -0.3 is 14.5 Å². The number of hydrogen-bond acceptors (Lipinski definition) is 3. The van der Waals surface area contributed by atoms with Crippen molar-refractivity contribution < 1.29 is 14.3 Å². The van der Waals surface area contributed by atoms with Crippen molar-refractivity contribution in [2.45, 2.75) is 18.9 Å². The lowest BCUT2D eigenvalue weighted by atomic mass is 10.1. The molecule has 1 atom stereocenters. The molecule has 1 heterocycles. The van der Waals surface area contributed by atoms with Crippen LogP contribution in [0.5, 0.6) is 5.75 Å². The van der Waals surface area contributed by atoms with E-state index < -0.39 is 0 Å². The van der Waals surface area contributed by atoms with Crippen molar-refractivity contribution in [2.24, 2.45) is 0 Å². The number of carbonyl (C=O) groups excluding carboxylic acids is 2. The predicted molar refractivity (Wildman–Crippen MR) is 101 cm³/mol. The molecule has 1 unspecified atom stereocenters. The van der Waals surface area contributed by atoms with Gasteiger partial charge in [0.2, 0.25) is 5.91 Å². The summed E-state index contributed by atoms with van der Waals surface area (Å²) in [4.78, 5) is 28.1. The van der Waals surface area contributed by atoms with E-state index in [0.717, 1.165) is 17.5 Å². The second-order valence-electron chi connectivity index (χ2n) is 6.63. The number of amides is 2. The van der Waals surface area contributed by atoms with Gasteiger partial charge in [-0.3, -0.25) is 9.59 Å². The molecule has 1 saturated heterocycles. The fourth-order valence-corrected chi connectivity index (χ4v) is 3.29. The number of ether oxygens (including phenoxy) is 1. The van der Waals surface area contributed by atoms with Gasteiger partial charge in [0.15, 0.2) is 6.61 Å². The van der Waals surface area contributed by atoms with E-state index in [2.05, 4.69) is 0 Å². The zero-order chi connectivity index (χ0) is 18.5. The predicted octanol–water partition coefficient (Wildman–Crippen LogP) is 2.81. The molecule has 0 saturated carbocycles. The molecule has 0 aliphatic carbocycles. The maximum absolute atomic E-state index is 12.6. The van der Waals surface area contributed by atoms with E-state index in [1.54, 1.807) is 23.9 Å². The summed E-state index contributed by atoms with van der Waals surface area (Å²) in [6.45, 7) is 0.536. The van der Waals surface area contributed by atoms with Crippen molar-refractivity contribution in [3.05, 3.63) is 54.6 Å². The van der Waals surface area contributed by atoms with Gasteiger partial charge in [0.25, 0.3) is 5.91 Å². The highest BCUT2D eigenvalue weighted by atomic mass is 16.5. The Labute approximate surface area is 154 Å². The Morgan fingerprint density at radius 2 is 1.77 bits per heavy atom. The van der Waals surface area contributed by atoms with Gasteiger partial charge >= 0.3 is 0 Å². The lowest BCUT2D eigenvalue weighted by molar-refractivity contribution is -0.143. The lowest BCUT2D eigenvalue weighted by Gasteiger charge is -2.26. The zero-order valence-electron chi connectivity index (χ0n) is 15.2. The molecular weight excluding hydrogens is 328 g/mol. The Hall–Kier alpha value is -2.82. The van der Waals surface area contributed by atoms with E-state index in [1.807, 2.05) is 54.6 Å². The molecule has 0 N–H and O–H groups in total. The third kappa shape index (κ3) is 3.87. The van der Waals surface area contributed by atoms with Gasteiger partial charge in [-0.25, -0.2) is 0 Å². The molecule has 0 bridgehead atoms. The molecule has 5 heteroatoms. The quantitative estimate of drug-likeness (QED) is 0.831. The standard InChI is InChI=1S/C21H24N2O3/c1-22(2)21(25)18-12-8-14-23(18)20(24)15-26-19-13-7-6-11-17(19)16-9-4-3-5-10-16/h3-7,9-11,13,18H,8,12,14-15H2,1-2H3. The molecule has 2 aromatic rings. The van der Waals surface area contributed by atoms with Crippen molar-refractivity contribution in [2.75, 3.05) is 27.2 Å². The molecule has 1 fully saturated rings. The van der Waals surface area contributed by atoms with Gasteiger partial charge in [-0.05, 0) is 24.5 Å². The number of benzene rings is 2. The second kappa shape index (κ2) is 8.04. The Morgan fingerprint density at radius 1 is 1.08 bits per heavy atom. The number of carbonyl (C=O) groups is 2. The number of rotatable bonds is 5. The summed E-state index contributed by atoms with van der Waals surface area (Å²) < 4.78 is 5.84. The summed E-state index contributed by atoms with van der Waals surface area (Å²) >= 11 is 0. The topological polar surface area (TPSA) is 49.9 Å². The highest BCUT2D eigenvalue weighted by Crippen LogP contribution is 2.29. The van der Waals surface area contributed by atoms with Gasteiger partial charge in [-0.1, -0.05) is 48.5 Å². The zero-order valence-corrected chi connectivity index (χ0v) is 15.2. The van der Waals surface area contributed by atoms with Crippen molar-refractivity contribution in [3.8, 4) is 16.9 Å². The number of para-hydroxylation sites is 1. The largest absolute Gasteiger partial charge is 0.483 e. The highest BCUT2D eigenvalue weighted by Gasteiger charge is 2.34. The number of likely N-dealkylation sites (tertiary alicyclic amines) is 1. The van der Waals surface area contributed by atoms with E-state index in [4.69, 9.17) is 4.74 Å². The van der Waals surface area contributed by atoms with Gasteiger partial charge in [-0.15, -0.1) is 0 Å². The molecule has 5 nitrogen and oxygen atoms in total. The first-order valence-corrected chi connectivity index (χ1v) is 8.86. The van der Waals surface area contributed by atoms with E-state index in [0.29, 0.717) is 18.7 Å². The van der Waals surface area contributed by atoms with Crippen LogP contribution in [-0.2, 0) is 9.59 Å². The second-order valence-corrected chi connectivity index (χ2v) is 6.63. The Morgan fingerprint density at radius 3 is 2.50 bits per heavy atom. The smallest absolute Gasteiger partial charge is 0.261 e. The van der Waals surface area contributed by atoms with Crippen LogP contribution in [0.4, 0.5) is 0 Å². The maximum Gasteiger partial charge on any atom is 0.261 e. The van der Waals surface area contributed by atoms with Crippen LogP contribution in [-0.4, -0.2) is 54.9 Å². The normalized spacial score (nSPS) is 16.4. The first-order valence-electron chi connectivity index (χ1n) is 8.86. The molecule has 2 amide bonds. The third-order valence-electron chi connectivity index (χ3n) is 4.62. The molecule has 0 spiro atoms. The lowest BCUT2D eigenvalue weighted by Crippen LogP contribution is -2.46. The van der Waals surface area contributed by atoms with Crippen LogP contribution >= 0.6 is 0 Å². The number of hydrogen-bond donors (Lipinski definition) is 0. The van der Waals surface area contributed by atoms with E-state index in [-0.39, 0.29) is 24.5 Å². The van der Waals surface area contributed by atoms with Gasteiger partial charge in [0.1, 0.15) is 11.8 Å². The first kappa shape index (κ1) is 18.0. The average Bonchev–Trinajstić information content (AvgIpc) is 3.16. The maximum atomic E-state index is 12.6. The summed E-state index contributed by atoms with van der Waals surface area (Å²) in [5.74, 6) is 0.493. The minimum absolute atomic E-state index is 0.0273. The molecule has 0 aromatic heterocycles. The molecule has 1 aliphatic heterocycles. The van der Waals surface area contributed by atoms with Crippen molar-refractivity contribution in [1.82, 2.24) is 9.80 Å². The van der Waals surface area contributed by atoms with Crippen LogP contribution < -0.4 is 4.74 Å². The van der Waals surface area contributed by atoms with Crippen LogP contribution in [0.3, 0.4) is 0 Å². The molecular formula is C21H24N2O3. The summed E-state index contributed by atoms with van der Waals surface area (Å²) in [5.41, 5.74) is 1.99. The van der Waals surface area contributed by atoms with Gasteiger partial charge in [-0.2, -0.15) is 0 Å². The van der Waals surface area contributed by atoms with Crippen LogP contribution in [0.2, 0.25) is 0 Å². The first-order chi connectivity index (χ1) is 12.6. The molecule has 26 heavy (non-hydrogen) atoms. The monoisotopic (exact) mass is 352 g/mol. The summed E-state index contributed by atoms with van der Waals surface area (Å²) in [5, 5.41) is 0. The Balaban J connectivity index is 1.70. The highest BCUT2D eigenvalue weighted by molar-refractivity contribution is 5.88. The van der Waals surface area contributed by atoms with E-state index >= 15 is 0 Å².